The molecule has 4 heteroatoms. The summed E-state index contributed by atoms with van der Waals surface area (Å²) in [7, 11) is 0. The fourth-order valence-corrected chi connectivity index (χ4v) is 1.55. The van der Waals surface area contributed by atoms with Crippen molar-refractivity contribution in [2.45, 2.75) is 13.3 Å². The summed E-state index contributed by atoms with van der Waals surface area (Å²) in [6.07, 6.45) is 0.770. The molecule has 0 fully saturated rings. The van der Waals surface area contributed by atoms with Crippen LogP contribution in [0.15, 0.2) is 4.79 Å². The van der Waals surface area contributed by atoms with Gasteiger partial charge in [-0.1, -0.05) is 0 Å². The predicted octanol–water partition coefficient (Wildman–Crippen LogP) is 0.490. The standard InChI is InChI=1S/C9H8N2O2/c1-5-6-2-3-13-9(6)11-8(12)7(5)4-10/h2-3H2,1H3,(H,11,12). The molecule has 0 bridgehead atoms. The highest BCUT2D eigenvalue weighted by molar-refractivity contribution is 5.46. The summed E-state index contributed by atoms with van der Waals surface area (Å²) in [5, 5.41) is 8.72. The van der Waals surface area contributed by atoms with Crippen molar-refractivity contribution in [2.75, 3.05) is 6.61 Å². The minimum Gasteiger partial charge on any atom is -0.478 e. The normalized spacial score (nSPS) is 13.2. The molecule has 0 saturated carbocycles. The Bertz CT molecular complexity index is 454. The van der Waals surface area contributed by atoms with Crippen LogP contribution in [0.5, 0.6) is 5.88 Å². The zero-order valence-electron chi connectivity index (χ0n) is 7.18. The molecule has 0 radical (unpaired) electrons. The van der Waals surface area contributed by atoms with Gasteiger partial charge in [0, 0.05) is 12.0 Å². The highest BCUT2D eigenvalue weighted by Crippen LogP contribution is 2.24. The van der Waals surface area contributed by atoms with E-state index < -0.39 is 0 Å². The molecule has 0 spiro atoms. The third-order valence-electron chi connectivity index (χ3n) is 2.27. The fraction of sp³-hybridized carbons (Fsp3) is 0.333. The first kappa shape index (κ1) is 7.87. The van der Waals surface area contributed by atoms with Crippen LogP contribution in [0.2, 0.25) is 0 Å². The van der Waals surface area contributed by atoms with Crippen molar-refractivity contribution in [1.29, 1.82) is 5.26 Å². The second-order valence-corrected chi connectivity index (χ2v) is 2.97. The number of H-pyrrole nitrogens is 1. The number of nitriles is 1. The maximum atomic E-state index is 11.3. The van der Waals surface area contributed by atoms with E-state index in [4.69, 9.17) is 10.00 Å². The second kappa shape index (κ2) is 2.63. The summed E-state index contributed by atoms with van der Waals surface area (Å²) in [4.78, 5) is 13.8. The molecular weight excluding hydrogens is 168 g/mol. The minimum absolute atomic E-state index is 0.198. The second-order valence-electron chi connectivity index (χ2n) is 2.97. The maximum Gasteiger partial charge on any atom is 0.268 e. The monoisotopic (exact) mass is 176 g/mol. The molecule has 66 valence electrons. The van der Waals surface area contributed by atoms with E-state index >= 15 is 0 Å². The van der Waals surface area contributed by atoms with Gasteiger partial charge in [-0.3, -0.25) is 9.78 Å². The first-order valence-electron chi connectivity index (χ1n) is 4.02. The van der Waals surface area contributed by atoms with Crippen molar-refractivity contribution in [2.24, 2.45) is 0 Å². The van der Waals surface area contributed by atoms with E-state index in [1.54, 1.807) is 6.92 Å². The van der Waals surface area contributed by atoms with Crippen LogP contribution in [0.4, 0.5) is 0 Å². The number of fused-ring (bicyclic) bond motifs is 1. The Morgan fingerprint density at radius 3 is 3.08 bits per heavy atom. The van der Waals surface area contributed by atoms with Gasteiger partial charge in [0.2, 0.25) is 0 Å². The zero-order valence-corrected chi connectivity index (χ0v) is 7.18. The minimum atomic E-state index is -0.361. The lowest BCUT2D eigenvalue weighted by Crippen LogP contribution is -2.13. The number of hydrogen-bond donors (Lipinski definition) is 1. The van der Waals surface area contributed by atoms with Gasteiger partial charge in [-0.05, 0) is 12.5 Å². The fourth-order valence-electron chi connectivity index (χ4n) is 1.55. The number of ether oxygens (including phenoxy) is 1. The van der Waals surface area contributed by atoms with Crippen LogP contribution in [0.1, 0.15) is 16.7 Å². The zero-order chi connectivity index (χ0) is 9.42. The average Bonchev–Trinajstić information content (AvgIpc) is 2.53. The number of nitrogens with one attached hydrogen (secondary N) is 1. The molecule has 0 saturated heterocycles. The molecule has 2 heterocycles. The van der Waals surface area contributed by atoms with Crippen LogP contribution in [-0.2, 0) is 6.42 Å². The van der Waals surface area contributed by atoms with Crippen LogP contribution >= 0.6 is 0 Å². The Morgan fingerprint density at radius 1 is 1.62 bits per heavy atom. The van der Waals surface area contributed by atoms with E-state index in [1.165, 1.54) is 0 Å². The molecule has 1 aliphatic heterocycles. The van der Waals surface area contributed by atoms with E-state index in [9.17, 15) is 4.79 Å². The van der Waals surface area contributed by atoms with Crippen LogP contribution in [0, 0.1) is 18.3 Å². The lowest BCUT2D eigenvalue weighted by molar-refractivity contribution is 0.344. The Hall–Kier alpha value is -1.76. The molecule has 0 amide bonds. The topological polar surface area (TPSA) is 65.9 Å². The van der Waals surface area contributed by atoms with Crippen LogP contribution in [0.25, 0.3) is 0 Å². The van der Waals surface area contributed by atoms with Crippen molar-refractivity contribution in [3.63, 3.8) is 0 Å². The molecule has 1 N–H and O–H groups in total. The van der Waals surface area contributed by atoms with Gasteiger partial charge in [-0.2, -0.15) is 5.26 Å². The van der Waals surface area contributed by atoms with Gasteiger partial charge in [0.05, 0.1) is 6.61 Å². The van der Waals surface area contributed by atoms with Crippen LogP contribution in [-0.4, -0.2) is 11.6 Å². The lowest BCUT2D eigenvalue weighted by atomic mass is 10.1. The molecule has 0 atom stereocenters. The number of aromatic nitrogens is 1. The first-order valence-corrected chi connectivity index (χ1v) is 4.02. The van der Waals surface area contributed by atoms with E-state index in [0.29, 0.717) is 12.5 Å². The number of pyridine rings is 1. The molecule has 0 aromatic carbocycles. The number of hydrogen-bond acceptors (Lipinski definition) is 3. The van der Waals surface area contributed by atoms with Crippen molar-refractivity contribution in [1.82, 2.24) is 4.98 Å². The third kappa shape index (κ3) is 1.01. The van der Waals surface area contributed by atoms with Gasteiger partial charge in [0.15, 0.2) is 5.88 Å². The number of nitrogens with zero attached hydrogens (tertiary/aromatic N) is 1. The van der Waals surface area contributed by atoms with Gasteiger partial charge < -0.3 is 4.74 Å². The van der Waals surface area contributed by atoms with Crippen molar-refractivity contribution in [3.05, 3.63) is 27.0 Å². The Balaban J connectivity index is 2.79. The van der Waals surface area contributed by atoms with E-state index in [1.807, 2.05) is 6.07 Å². The summed E-state index contributed by atoms with van der Waals surface area (Å²) in [6.45, 7) is 2.36. The SMILES string of the molecule is Cc1c2c([nH]c(=O)c1C#N)OCC2. The third-order valence-corrected chi connectivity index (χ3v) is 2.27. The maximum absolute atomic E-state index is 11.3. The molecule has 2 rings (SSSR count). The lowest BCUT2D eigenvalue weighted by Gasteiger charge is -2.02. The molecule has 4 nitrogen and oxygen atoms in total. The molecule has 1 aromatic rings. The van der Waals surface area contributed by atoms with Gasteiger partial charge in [-0.15, -0.1) is 0 Å². The highest BCUT2D eigenvalue weighted by atomic mass is 16.5. The molecule has 13 heavy (non-hydrogen) atoms. The number of rotatable bonds is 0. The Labute approximate surface area is 74.8 Å². The molecule has 0 unspecified atom stereocenters. The quantitative estimate of drug-likeness (QED) is 0.625. The highest BCUT2D eigenvalue weighted by Gasteiger charge is 2.19. The Kier molecular flexibility index (Phi) is 1.59. The summed E-state index contributed by atoms with van der Waals surface area (Å²) < 4.78 is 5.19. The van der Waals surface area contributed by atoms with Crippen LogP contribution < -0.4 is 10.3 Å². The van der Waals surface area contributed by atoms with E-state index in [0.717, 1.165) is 17.5 Å². The van der Waals surface area contributed by atoms with Crippen molar-refractivity contribution < 1.29 is 4.74 Å². The molecule has 1 aliphatic rings. The molecular formula is C9H8N2O2. The number of aromatic amines is 1. The van der Waals surface area contributed by atoms with Crippen molar-refractivity contribution >= 4 is 0 Å². The summed E-state index contributed by atoms with van der Waals surface area (Å²) in [5.41, 5.74) is 1.54. The van der Waals surface area contributed by atoms with Gasteiger partial charge in [0.1, 0.15) is 11.6 Å². The molecule has 0 aliphatic carbocycles. The van der Waals surface area contributed by atoms with Crippen molar-refractivity contribution in [3.8, 4) is 11.9 Å². The van der Waals surface area contributed by atoms with Crippen LogP contribution in [0.3, 0.4) is 0 Å². The summed E-state index contributed by atoms with van der Waals surface area (Å²) in [6, 6.07) is 1.89. The van der Waals surface area contributed by atoms with E-state index in [-0.39, 0.29) is 11.1 Å². The average molecular weight is 176 g/mol. The summed E-state index contributed by atoms with van der Waals surface area (Å²) in [5.74, 6) is 0.529. The largest absolute Gasteiger partial charge is 0.478 e. The van der Waals surface area contributed by atoms with Gasteiger partial charge in [0.25, 0.3) is 5.56 Å². The summed E-state index contributed by atoms with van der Waals surface area (Å²) >= 11 is 0. The Morgan fingerprint density at radius 2 is 2.38 bits per heavy atom. The van der Waals surface area contributed by atoms with Gasteiger partial charge in [-0.25, -0.2) is 0 Å². The predicted molar refractivity (Wildman–Crippen MR) is 45.7 cm³/mol. The first-order chi connectivity index (χ1) is 6.24. The van der Waals surface area contributed by atoms with Gasteiger partial charge >= 0.3 is 0 Å². The van der Waals surface area contributed by atoms with E-state index in [2.05, 4.69) is 4.98 Å². The molecule has 1 aromatic heterocycles. The smallest absolute Gasteiger partial charge is 0.268 e.